The lowest BCUT2D eigenvalue weighted by Crippen LogP contribution is -2.31. The molecule has 1 rings (SSSR count). The molecule has 0 radical (unpaired) electrons. The highest BCUT2D eigenvalue weighted by Gasteiger charge is 2.31. The van der Waals surface area contributed by atoms with Gasteiger partial charge >= 0.3 is 5.97 Å². The lowest BCUT2D eigenvalue weighted by atomic mass is 10.1. The largest absolute Gasteiger partial charge is 0.469 e. The Balaban J connectivity index is 2.08. The lowest BCUT2D eigenvalue weighted by molar-refractivity contribution is -0.140. The predicted octanol–water partition coefficient (Wildman–Crippen LogP) is 1.93. The first kappa shape index (κ1) is 13.3. The first-order valence-corrected chi connectivity index (χ1v) is 7.19. The average molecular weight is 296 g/mol. The molecule has 1 aliphatic rings. The van der Waals surface area contributed by atoms with E-state index in [1.54, 1.807) is 0 Å². The minimum absolute atomic E-state index is 0.110. The molecular formula is C10H18BrNO2S. The Morgan fingerprint density at radius 1 is 1.60 bits per heavy atom. The van der Waals surface area contributed by atoms with E-state index in [1.165, 1.54) is 7.11 Å². The average Bonchev–Trinajstić information content (AvgIpc) is 2.55. The number of thioether (sulfide) groups is 1. The molecule has 0 amide bonds. The maximum atomic E-state index is 10.9. The molecule has 3 nitrogen and oxygen atoms in total. The standard InChI is InChI=1S/C10H18BrNO2S/c1-14-9(13)5-3-2-4-8-10(11)7(12)6-15-8/h7-8,10H,2-6,12H2,1H3/t7-,8+,10+/m0/s1. The minimum atomic E-state index is -0.110. The number of hydrogen-bond acceptors (Lipinski definition) is 4. The van der Waals surface area contributed by atoms with Crippen LogP contribution in [0.3, 0.4) is 0 Å². The summed E-state index contributed by atoms with van der Waals surface area (Å²) in [6.07, 6.45) is 3.65. The monoisotopic (exact) mass is 295 g/mol. The van der Waals surface area contributed by atoms with Gasteiger partial charge in [-0.25, -0.2) is 0 Å². The molecule has 2 N–H and O–H groups in total. The van der Waals surface area contributed by atoms with Crippen LogP contribution in [0.1, 0.15) is 25.7 Å². The highest BCUT2D eigenvalue weighted by Crippen LogP contribution is 2.34. The van der Waals surface area contributed by atoms with Gasteiger partial charge in [0.2, 0.25) is 0 Å². The van der Waals surface area contributed by atoms with E-state index in [2.05, 4.69) is 20.7 Å². The maximum absolute atomic E-state index is 10.9. The van der Waals surface area contributed by atoms with Crippen molar-refractivity contribution in [2.75, 3.05) is 12.9 Å². The molecule has 0 unspecified atom stereocenters. The van der Waals surface area contributed by atoms with Crippen molar-refractivity contribution < 1.29 is 9.53 Å². The van der Waals surface area contributed by atoms with Crippen molar-refractivity contribution in [3.8, 4) is 0 Å². The molecule has 88 valence electrons. The van der Waals surface area contributed by atoms with Crippen molar-refractivity contribution in [2.24, 2.45) is 5.73 Å². The number of methoxy groups -OCH3 is 1. The van der Waals surface area contributed by atoms with Gasteiger partial charge < -0.3 is 10.5 Å². The number of nitrogens with two attached hydrogens (primary N) is 1. The third-order valence-corrected chi connectivity index (χ3v) is 5.82. The molecule has 0 aromatic rings. The van der Waals surface area contributed by atoms with Crippen LogP contribution in [0.15, 0.2) is 0 Å². The number of ether oxygens (including phenoxy) is 1. The SMILES string of the molecule is COC(=O)CCCC[C@H]1SC[C@H](N)[C@H]1Br. The van der Waals surface area contributed by atoms with Crippen molar-refractivity contribution in [2.45, 2.75) is 41.8 Å². The fourth-order valence-electron chi connectivity index (χ4n) is 1.65. The smallest absolute Gasteiger partial charge is 0.305 e. The fourth-order valence-corrected chi connectivity index (χ4v) is 4.21. The van der Waals surface area contributed by atoms with Gasteiger partial charge in [-0.2, -0.15) is 11.8 Å². The molecule has 0 aromatic carbocycles. The van der Waals surface area contributed by atoms with Crippen LogP contribution in [0.2, 0.25) is 0 Å². The Morgan fingerprint density at radius 3 is 2.87 bits per heavy atom. The molecule has 15 heavy (non-hydrogen) atoms. The van der Waals surface area contributed by atoms with Crippen molar-refractivity contribution >= 4 is 33.7 Å². The number of carbonyl (C=O) groups excluding carboxylic acids is 1. The molecule has 1 saturated heterocycles. The van der Waals surface area contributed by atoms with E-state index in [4.69, 9.17) is 5.73 Å². The zero-order valence-corrected chi connectivity index (χ0v) is 11.4. The summed E-state index contributed by atoms with van der Waals surface area (Å²) < 4.78 is 4.59. The molecule has 1 heterocycles. The van der Waals surface area contributed by atoms with E-state index in [0.29, 0.717) is 16.5 Å². The summed E-state index contributed by atoms with van der Waals surface area (Å²) >= 11 is 5.56. The molecule has 0 bridgehead atoms. The van der Waals surface area contributed by atoms with Crippen LogP contribution < -0.4 is 5.73 Å². The van der Waals surface area contributed by atoms with E-state index >= 15 is 0 Å². The van der Waals surface area contributed by atoms with Crippen molar-refractivity contribution in [3.63, 3.8) is 0 Å². The summed E-state index contributed by atoms with van der Waals surface area (Å²) in [6, 6.07) is 0.278. The molecule has 5 heteroatoms. The zero-order chi connectivity index (χ0) is 11.3. The van der Waals surface area contributed by atoms with Gasteiger partial charge in [0.25, 0.3) is 0 Å². The summed E-state index contributed by atoms with van der Waals surface area (Å²) in [5, 5.41) is 0.609. The Labute approximate surface area is 104 Å². The van der Waals surface area contributed by atoms with E-state index in [-0.39, 0.29) is 12.0 Å². The second-order valence-corrected chi connectivity index (χ2v) is 6.13. The molecule has 0 aromatic heterocycles. The van der Waals surface area contributed by atoms with Gasteiger partial charge in [-0.05, 0) is 12.8 Å². The van der Waals surface area contributed by atoms with Crippen molar-refractivity contribution in [3.05, 3.63) is 0 Å². The van der Waals surface area contributed by atoms with Crippen LogP contribution in [0.5, 0.6) is 0 Å². The first-order valence-electron chi connectivity index (χ1n) is 5.23. The van der Waals surface area contributed by atoms with Gasteiger partial charge in [-0.1, -0.05) is 22.4 Å². The van der Waals surface area contributed by atoms with Gasteiger partial charge in [0.1, 0.15) is 0 Å². The Morgan fingerprint density at radius 2 is 2.33 bits per heavy atom. The summed E-state index contributed by atoms with van der Waals surface area (Å²) in [7, 11) is 1.43. The number of alkyl halides is 1. The minimum Gasteiger partial charge on any atom is -0.469 e. The third-order valence-electron chi connectivity index (χ3n) is 2.61. The van der Waals surface area contributed by atoms with Crippen LogP contribution >= 0.6 is 27.7 Å². The molecule has 0 spiro atoms. The number of halogens is 1. The Kier molecular flexibility index (Phi) is 6.00. The Hall–Kier alpha value is 0.260. The summed E-state index contributed by atoms with van der Waals surface area (Å²) in [5.74, 6) is 0.929. The van der Waals surface area contributed by atoms with Crippen LogP contribution in [0, 0.1) is 0 Å². The Bertz CT molecular complexity index is 216. The summed E-state index contributed by atoms with van der Waals surface area (Å²) in [6.45, 7) is 0. The molecule has 1 fully saturated rings. The highest BCUT2D eigenvalue weighted by atomic mass is 79.9. The normalized spacial score (nSPS) is 30.5. The third kappa shape index (κ3) is 4.33. The number of hydrogen-bond donors (Lipinski definition) is 1. The highest BCUT2D eigenvalue weighted by molar-refractivity contribution is 9.09. The summed E-state index contributed by atoms with van der Waals surface area (Å²) in [4.78, 5) is 11.3. The van der Waals surface area contributed by atoms with Crippen LogP contribution in [-0.2, 0) is 9.53 Å². The van der Waals surface area contributed by atoms with Crippen LogP contribution in [0.25, 0.3) is 0 Å². The molecular weight excluding hydrogens is 278 g/mol. The van der Waals surface area contributed by atoms with Gasteiger partial charge in [-0.15, -0.1) is 0 Å². The fraction of sp³-hybridized carbons (Fsp3) is 0.900. The van der Waals surface area contributed by atoms with Crippen molar-refractivity contribution in [1.29, 1.82) is 0 Å². The van der Waals surface area contributed by atoms with E-state index in [0.717, 1.165) is 25.0 Å². The maximum Gasteiger partial charge on any atom is 0.305 e. The number of carbonyl (C=O) groups is 1. The van der Waals surface area contributed by atoms with E-state index in [9.17, 15) is 4.79 Å². The van der Waals surface area contributed by atoms with E-state index < -0.39 is 0 Å². The molecule has 0 aliphatic carbocycles. The van der Waals surface area contributed by atoms with Crippen LogP contribution in [0.4, 0.5) is 0 Å². The zero-order valence-electron chi connectivity index (χ0n) is 8.95. The second-order valence-electron chi connectivity index (χ2n) is 3.80. The molecule has 0 saturated carbocycles. The number of unbranched alkanes of at least 4 members (excludes halogenated alkanes) is 1. The quantitative estimate of drug-likeness (QED) is 0.478. The lowest BCUT2D eigenvalue weighted by Gasteiger charge is -2.14. The second kappa shape index (κ2) is 6.76. The topological polar surface area (TPSA) is 52.3 Å². The molecule has 1 aliphatic heterocycles. The summed E-state index contributed by atoms with van der Waals surface area (Å²) in [5.41, 5.74) is 5.90. The number of rotatable bonds is 5. The predicted molar refractivity (Wildman–Crippen MR) is 67.4 cm³/mol. The van der Waals surface area contributed by atoms with E-state index in [1.807, 2.05) is 11.8 Å². The van der Waals surface area contributed by atoms with Gasteiger partial charge in [0.15, 0.2) is 0 Å². The van der Waals surface area contributed by atoms with Gasteiger partial charge in [0, 0.05) is 28.3 Å². The number of esters is 1. The van der Waals surface area contributed by atoms with Crippen molar-refractivity contribution in [1.82, 2.24) is 0 Å². The van der Waals surface area contributed by atoms with Gasteiger partial charge in [0.05, 0.1) is 7.11 Å². The van der Waals surface area contributed by atoms with Crippen LogP contribution in [-0.4, -0.2) is 35.0 Å². The van der Waals surface area contributed by atoms with Gasteiger partial charge in [-0.3, -0.25) is 4.79 Å². The molecule has 3 atom stereocenters. The first-order chi connectivity index (χ1) is 7.15.